The first-order chi connectivity index (χ1) is 11.1. The van der Waals surface area contributed by atoms with Crippen LogP contribution in [-0.4, -0.2) is 41.1 Å². The van der Waals surface area contributed by atoms with Gasteiger partial charge in [-0.3, -0.25) is 14.5 Å². The lowest BCUT2D eigenvalue weighted by atomic mass is 9.85. The van der Waals surface area contributed by atoms with Crippen LogP contribution in [0.3, 0.4) is 0 Å². The number of nitrogens with zero attached hydrogens (tertiary/aromatic N) is 1. The normalized spacial score (nSPS) is 24.7. The summed E-state index contributed by atoms with van der Waals surface area (Å²) in [4.78, 5) is 25.7. The van der Waals surface area contributed by atoms with Crippen LogP contribution in [-0.2, 0) is 9.59 Å². The molecule has 23 heavy (non-hydrogen) atoms. The molecule has 5 nitrogen and oxygen atoms in total. The summed E-state index contributed by atoms with van der Waals surface area (Å²) in [5.74, 6) is -1.60. The molecule has 3 rings (SSSR count). The van der Waals surface area contributed by atoms with Crippen LogP contribution in [0, 0.1) is 17.7 Å². The number of benzene rings is 1. The minimum atomic E-state index is -1.06. The van der Waals surface area contributed by atoms with Gasteiger partial charge in [-0.1, -0.05) is 24.3 Å². The van der Waals surface area contributed by atoms with Crippen molar-refractivity contribution in [2.24, 2.45) is 11.8 Å². The highest BCUT2D eigenvalue weighted by atomic mass is 19.1. The number of likely N-dealkylation sites (tertiary alicyclic amines) is 1. The van der Waals surface area contributed by atoms with E-state index < -0.39 is 11.9 Å². The predicted octanol–water partition coefficient (Wildman–Crippen LogP) is 1.52. The molecular formula is C17H18FNO4. The van der Waals surface area contributed by atoms with Gasteiger partial charge in [0.05, 0.1) is 18.4 Å². The Bertz CT molecular complexity index is 619. The number of β-amino-alcohol motifs (C(OH)–C–C–N with tert-alkyl or cyclic N) is 1. The van der Waals surface area contributed by atoms with Crippen LogP contribution in [0.1, 0.15) is 12.8 Å². The molecule has 1 N–H and O–H groups in total. The number of ether oxygens (including phenoxy) is 1. The molecule has 1 saturated heterocycles. The summed E-state index contributed by atoms with van der Waals surface area (Å²) in [5.41, 5.74) is 0. The van der Waals surface area contributed by atoms with Gasteiger partial charge in [0.25, 0.3) is 0 Å². The van der Waals surface area contributed by atoms with E-state index >= 15 is 0 Å². The molecule has 3 atom stereocenters. The molecule has 1 aromatic carbocycles. The molecular weight excluding hydrogens is 301 g/mol. The first kappa shape index (κ1) is 15.7. The van der Waals surface area contributed by atoms with Crippen LogP contribution in [0.2, 0.25) is 0 Å². The van der Waals surface area contributed by atoms with E-state index in [1.54, 1.807) is 6.07 Å². The van der Waals surface area contributed by atoms with Gasteiger partial charge in [-0.15, -0.1) is 0 Å². The van der Waals surface area contributed by atoms with Gasteiger partial charge < -0.3 is 9.84 Å². The lowest BCUT2D eigenvalue weighted by Gasteiger charge is -2.19. The molecule has 2 amide bonds. The van der Waals surface area contributed by atoms with Crippen molar-refractivity contribution in [2.75, 3.05) is 13.2 Å². The monoisotopic (exact) mass is 319 g/mol. The molecule has 0 bridgehead atoms. The number of fused-ring (bicyclic) bond motifs is 1. The Kier molecular flexibility index (Phi) is 4.43. The molecule has 6 heteroatoms. The number of amides is 2. The maximum atomic E-state index is 13.4. The number of para-hydroxylation sites is 1. The second-order valence-electron chi connectivity index (χ2n) is 5.84. The highest BCUT2D eigenvalue weighted by Crippen LogP contribution is 2.35. The standard InChI is InChI=1S/C17H18FNO4/c18-14-7-3-4-8-15(14)23-10-11(20)9-19-16(21)12-5-1-2-6-13(12)17(19)22/h1-4,7-8,11-13,20H,5-6,9-10H2. The molecule has 1 aromatic rings. The average Bonchev–Trinajstić information content (AvgIpc) is 2.80. The Morgan fingerprint density at radius 3 is 2.39 bits per heavy atom. The van der Waals surface area contributed by atoms with Gasteiger partial charge in [-0.2, -0.15) is 0 Å². The second-order valence-corrected chi connectivity index (χ2v) is 5.84. The summed E-state index contributed by atoms with van der Waals surface area (Å²) >= 11 is 0. The number of allylic oxidation sites excluding steroid dienone is 2. The van der Waals surface area contributed by atoms with Crippen molar-refractivity contribution in [3.8, 4) is 5.75 Å². The first-order valence-electron chi connectivity index (χ1n) is 7.63. The number of aliphatic hydroxyl groups is 1. The van der Waals surface area contributed by atoms with E-state index in [2.05, 4.69) is 0 Å². The number of imide groups is 1. The third kappa shape index (κ3) is 3.12. The average molecular weight is 319 g/mol. The maximum Gasteiger partial charge on any atom is 0.233 e. The van der Waals surface area contributed by atoms with Crippen LogP contribution in [0.15, 0.2) is 36.4 Å². The number of halogens is 1. The second kappa shape index (κ2) is 6.50. The van der Waals surface area contributed by atoms with Crippen molar-refractivity contribution in [1.82, 2.24) is 4.90 Å². The van der Waals surface area contributed by atoms with Gasteiger partial charge in [0.2, 0.25) is 11.8 Å². The molecule has 0 spiro atoms. The molecule has 122 valence electrons. The number of aliphatic hydroxyl groups excluding tert-OH is 1. The summed E-state index contributed by atoms with van der Waals surface area (Å²) in [6.45, 7) is -0.315. The predicted molar refractivity (Wildman–Crippen MR) is 80.0 cm³/mol. The molecule has 0 radical (unpaired) electrons. The van der Waals surface area contributed by atoms with Crippen LogP contribution in [0.4, 0.5) is 4.39 Å². The Balaban J connectivity index is 1.58. The zero-order chi connectivity index (χ0) is 16.4. The molecule has 1 fully saturated rings. The van der Waals surface area contributed by atoms with E-state index in [9.17, 15) is 19.1 Å². The van der Waals surface area contributed by atoms with Gasteiger partial charge in [-0.05, 0) is 25.0 Å². The minimum absolute atomic E-state index is 0.0310. The number of hydrogen-bond donors (Lipinski definition) is 1. The molecule has 1 aliphatic heterocycles. The molecule has 0 aromatic heterocycles. The lowest BCUT2D eigenvalue weighted by Crippen LogP contribution is -2.40. The van der Waals surface area contributed by atoms with Gasteiger partial charge in [0, 0.05) is 0 Å². The molecule has 2 aliphatic rings. The van der Waals surface area contributed by atoms with Crippen LogP contribution in [0.25, 0.3) is 0 Å². The fraction of sp³-hybridized carbons (Fsp3) is 0.412. The van der Waals surface area contributed by atoms with Gasteiger partial charge in [-0.25, -0.2) is 4.39 Å². The van der Waals surface area contributed by atoms with Crippen molar-refractivity contribution in [1.29, 1.82) is 0 Å². The summed E-state index contributed by atoms with van der Waals surface area (Å²) in [6.07, 6.45) is 3.89. The summed E-state index contributed by atoms with van der Waals surface area (Å²) in [6, 6.07) is 5.87. The Labute approximate surface area is 133 Å². The SMILES string of the molecule is O=C1C2CC=CCC2C(=O)N1CC(O)COc1ccccc1F. The lowest BCUT2D eigenvalue weighted by molar-refractivity contribution is -0.141. The summed E-state index contributed by atoms with van der Waals surface area (Å²) < 4.78 is 18.6. The summed E-state index contributed by atoms with van der Waals surface area (Å²) in [5, 5.41) is 10.0. The molecule has 0 saturated carbocycles. The van der Waals surface area contributed by atoms with Gasteiger partial charge in [0.15, 0.2) is 11.6 Å². The molecule has 1 heterocycles. The van der Waals surface area contributed by atoms with E-state index in [1.165, 1.54) is 18.2 Å². The fourth-order valence-corrected chi connectivity index (χ4v) is 3.06. The van der Waals surface area contributed by atoms with Gasteiger partial charge in [0.1, 0.15) is 12.7 Å². The number of carbonyl (C=O) groups is 2. The van der Waals surface area contributed by atoms with E-state index in [0.29, 0.717) is 12.8 Å². The fourth-order valence-electron chi connectivity index (χ4n) is 3.06. The number of carbonyl (C=O) groups excluding carboxylic acids is 2. The molecule has 3 unspecified atom stereocenters. The number of rotatable bonds is 5. The van der Waals surface area contributed by atoms with Crippen molar-refractivity contribution in [3.05, 3.63) is 42.2 Å². The Hall–Kier alpha value is -2.21. The highest BCUT2D eigenvalue weighted by molar-refractivity contribution is 6.05. The van der Waals surface area contributed by atoms with Crippen LogP contribution in [0.5, 0.6) is 5.75 Å². The topological polar surface area (TPSA) is 66.8 Å². The van der Waals surface area contributed by atoms with Crippen molar-refractivity contribution >= 4 is 11.8 Å². The maximum absolute atomic E-state index is 13.4. The van der Waals surface area contributed by atoms with Crippen molar-refractivity contribution in [3.63, 3.8) is 0 Å². The number of hydrogen-bond acceptors (Lipinski definition) is 4. The largest absolute Gasteiger partial charge is 0.488 e. The minimum Gasteiger partial charge on any atom is -0.488 e. The van der Waals surface area contributed by atoms with Gasteiger partial charge >= 0.3 is 0 Å². The highest BCUT2D eigenvalue weighted by Gasteiger charge is 2.47. The van der Waals surface area contributed by atoms with Crippen molar-refractivity contribution in [2.45, 2.75) is 18.9 Å². The van der Waals surface area contributed by atoms with Crippen LogP contribution < -0.4 is 4.74 Å². The summed E-state index contributed by atoms with van der Waals surface area (Å²) in [7, 11) is 0. The first-order valence-corrected chi connectivity index (χ1v) is 7.63. The quantitative estimate of drug-likeness (QED) is 0.660. The van der Waals surface area contributed by atoms with E-state index in [-0.39, 0.29) is 42.6 Å². The van der Waals surface area contributed by atoms with Crippen molar-refractivity contribution < 1.29 is 23.8 Å². The Morgan fingerprint density at radius 1 is 1.17 bits per heavy atom. The zero-order valence-corrected chi connectivity index (χ0v) is 12.5. The Morgan fingerprint density at radius 2 is 1.78 bits per heavy atom. The zero-order valence-electron chi connectivity index (χ0n) is 12.5. The third-order valence-corrected chi connectivity index (χ3v) is 4.26. The van der Waals surface area contributed by atoms with E-state index in [1.807, 2.05) is 12.2 Å². The molecule has 1 aliphatic carbocycles. The third-order valence-electron chi connectivity index (χ3n) is 4.26. The smallest absolute Gasteiger partial charge is 0.233 e. The van der Waals surface area contributed by atoms with E-state index in [4.69, 9.17) is 4.74 Å². The van der Waals surface area contributed by atoms with E-state index in [0.717, 1.165) is 4.90 Å². The van der Waals surface area contributed by atoms with Crippen LogP contribution >= 0.6 is 0 Å².